The molecule has 0 unspecified atom stereocenters. The molecule has 5 heteroatoms. The fourth-order valence-electron chi connectivity index (χ4n) is 6.59. The largest absolute Gasteiger partial charge is 0.481 e. The van der Waals surface area contributed by atoms with E-state index in [0.717, 1.165) is 43.2 Å². The molecule has 2 aliphatic carbocycles. The highest BCUT2D eigenvalue weighted by Crippen LogP contribution is 2.45. The van der Waals surface area contributed by atoms with Crippen molar-refractivity contribution in [3.8, 4) is 0 Å². The van der Waals surface area contributed by atoms with Gasteiger partial charge in [0, 0.05) is 0 Å². The summed E-state index contributed by atoms with van der Waals surface area (Å²) in [6.45, 7) is 2.26. The zero-order valence-electron chi connectivity index (χ0n) is 21.6. The Labute approximate surface area is 210 Å². The van der Waals surface area contributed by atoms with Crippen molar-refractivity contribution in [2.24, 2.45) is 17.8 Å². The maximum Gasteiger partial charge on any atom is 0.314 e. The topological polar surface area (TPSA) is 37.3 Å². The van der Waals surface area contributed by atoms with E-state index in [2.05, 4.69) is 6.92 Å². The Bertz CT molecular complexity index is 770. The summed E-state index contributed by atoms with van der Waals surface area (Å²) in [5, 5.41) is 9.93. The van der Waals surface area contributed by atoms with E-state index in [1.54, 1.807) is 0 Å². The van der Waals surface area contributed by atoms with Gasteiger partial charge in [-0.2, -0.15) is 0 Å². The number of halogens is 3. The van der Waals surface area contributed by atoms with E-state index >= 15 is 0 Å². The van der Waals surface area contributed by atoms with E-state index in [-0.39, 0.29) is 5.56 Å². The van der Waals surface area contributed by atoms with Crippen LogP contribution in [-0.2, 0) is 10.2 Å². The summed E-state index contributed by atoms with van der Waals surface area (Å²) < 4.78 is 41.0. The van der Waals surface area contributed by atoms with Crippen LogP contribution in [0.25, 0.3) is 0 Å². The molecular weight excluding hydrogens is 449 g/mol. The fourth-order valence-corrected chi connectivity index (χ4v) is 6.59. The summed E-state index contributed by atoms with van der Waals surface area (Å²) in [6.07, 6.45) is 20.9. The van der Waals surface area contributed by atoms with E-state index in [1.165, 1.54) is 83.5 Å². The standard InChI is InChI=1S/C30H45F3O2/c1-2-3-4-5-6-7-8-9-22-10-12-23(13-11-22)14-15-24-16-18-30(19-17-24,29(34)35)25-20-26(31)28(33)27(32)21-25/h20-24H,2-19H2,1H3,(H,34,35). The van der Waals surface area contributed by atoms with Crippen LogP contribution in [0.5, 0.6) is 0 Å². The van der Waals surface area contributed by atoms with Crippen LogP contribution >= 0.6 is 0 Å². The number of rotatable bonds is 13. The van der Waals surface area contributed by atoms with Crippen molar-refractivity contribution >= 4 is 5.97 Å². The molecule has 0 aromatic heterocycles. The number of benzene rings is 1. The number of carboxylic acids is 1. The summed E-state index contributed by atoms with van der Waals surface area (Å²) in [5.41, 5.74) is -1.26. The first-order valence-electron chi connectivity index (χ1n) is 14.2. The number of carbonyl (C=O) groups is 1. The lowest BCUT2D eigenvalue weighted by Gasteiger charge is -2.38. The molecule has 2 fully saturated rings. The third-order valence-corrected chi connectivity index (χ3v) is 9.07. The molecule has 0 radical (unpaired) electrons. The molecule has 198 valence electrons. The monoisotopic (exact) mass is 494 g/mol. The van der Waals surface area contributed by atoms with Gasteiger partial charge in [0.15, 0.2) is 17.5 Å². The summed E-state index contributed by atoms with van der Waals surface area (Å²) in [7, 11) is 0. The average molecular weight is 495 g/mol. The molecule has 3 rings (SSSR count). The quantitative estimate of drug-likeness (QED) is 0.219. The average Bonchev–Trinajstić information content (AvgIpc) is 2.86. The fraction of sp³-hybridized carbons (Fsp3) is 0.767. The van der Waals surface area contributed by atoms with Crippen LogP contribution in [0.2, 0.25) is 0 Å². The molecule has 0 aliphatic heterocycles. The predicted molar refractivity (Wildman–Crippen MR) is 135 cm³/mol. The number of carboxylic acid groups (broad SMARTS) is 1. The molecule has 0 spiro atoms. The van der Waals surface area contributed by atoms with Crippen molar-refractivity contribution in [1.29, 1.82) is 0 Å². The minimum absolute atomic E-state index is 0.0548. The Morgan fingerprint density at radius 2 is 1.23 bits per heavy atom. The highest BCUT2D eigenvalue weighted by molar-refractivity contribution is 5.81. The summed E-state index contributed by atoms with van der Waals surface area (Å²) >= 11 is 0. The van der Waals surface area contributed by atoms with Crippen molar-refractivity contribution in [1.82, 2.24) is 0 Å². The lowest BCUT2D eigenvalue weighted by Crippen LogP contribution is -2.40. The Morgan fingerprint density at radius 3 is 1.74 bits per heavy atom. The SMILES string of the molecule is CCCCCCCCCC1CCC(CCC2CCC(C(=O)O)(c3cc(F)c(F)c(F)c3)CC2)CC1. The van der Waals surface area contributed by atoms with Crippen molar-refractivity contribution in [2.75, 3.05) is 0 Å². The smallest absolute Gasteiger partial charge is 0.314 e. The zero-order valence-corrected chi connectivity index (χ0v) is 21.6. The van der Waals surface area contributed by atoms with Gasteiger partial charge < -0.3 is 5.11 Å². The molecule has 1 N–H and O–H groups in total. The van der Waals surface area contributed by atoms with Crippen LogP contribution in [0.3, 0.4) is 0 Å². The van der Waals surface area contributed by atoms with Gasteiger partial charge >= 0.3 is 5.97 Å². The van der Waals surface area contributed by atoms with Crippen molar-refractivity contribution in [3.05, 3.63) is 35.1 Å². The van der Waals surface area contributed by atoms with Gasteiger partial charge in [-0.3, -0.25) is 4.79 Å². The second-order valence-electron chi connectivity index (χ2n) is 11.5. The lowest BCUT2D eigenvalue weighted by molar-refractivity contribution is -0.145. The molecule has 2 aliphatic rings. The number of hydrogen-bond acceptors (Lipinski definition) is 1. The van der Waals surface area contributed by atoms with Gasteiger partial charge in [0.2, 0.25) is 0 Å². The number of hydrogen-bond donors (Lipinski definition) is 1. The maximum atomic E-state index is 13.8. The van der Waals surface area contributed by atoms with Gasteiger partial charge in [-0.15, -0.1) is 0 Å². The maximum absolute atomic E-state index is 13.8. The van der Waals surface area contributed by atoms with E-state index < -0.39 is 28.8 Å². The predicted octanol–water partition coefficient (Wildman–Crippen LogP) is 9.34. The molecule has 0 heterocycles. The molecule has 0 atom stereocenters. The second kappa shape index (κ2) is 13.7. The third kappa shape index (κ3) is 7.73. The van der Waals surface area contributed by atoms with Crippen molar-refractivity contribution in [3.63, 3.8) is 0 Å². The van der Waals surface area contributed by atoms with Gasteiger partial charge in [0.05, 0.1) is 5.41 Å². The highest BCUT2D eigenvalue weighted by Gasteiger charge is 2.44. The Morgan fingerprint density at radius 1 is 0.771 bits per heavy atom. The van der Waals surface area contributed by atoms with Gasteiger partial charge in [-0.25, -0.2) is 13.2 Å². The number of aliphatic carboxylic acids is 1. The molecule has 2 nitrogen and oxygen atoms in total. The highest BCUT2D eigenvalue weighted by atomic mass is 19.2. The van der Waals surface area contributed by atoms with Crippen LogP contribution in [0.4, 0.5) is 13.2 Å². The Hall–Kier alpha value is -1.52. The zero-order chi connectivity index (χ0) is 25.3. The van der Waals surface area contributed by atoms with Crippen LogP contribution in [0.1, 0.15) is 128 Å². The third-order valence-electron chi connectivity index (χ3n) is 9.07. The van der Waals surface area contributed by atoms with Crippen LogP contribution in [-0.4, -0.2) is 11.1 Å². The van der Waals surface area contributed by atoms with Gasteiger partial charge in [0.1, 0.15) is 0 Å². The molecule has 2 saturated carbocycles. The van der Waals surface area contributed by atoms with E-state index in [4.69, 9.17) is 0 Å². The molecule has 1 aromatic carbocycles. The summed E-state index contributed by atoms with van der Waals surface area (Å²) in [5.74, 6) is -3.09. The first-order chi connectivity index (χ1) is 16.9. The molecule has 0 bridgehead atoms. The van der Waals surface area contributed by atoms with Crippen molar-refractivity contribution < 1.29 is 23.1 Å². The van der Waals surface area contributed by atoms with E-state index in [1.807, 2.05) is 0 Å². The summed E-state index contributed by atoms with van der Waals surface area (Å²) in [4.78, 5) is 12.1. The van der Waals surface area contributed by atoms with E-state index in [0.29, 0.717) is 18.8 Å². The minimum atomic E-state index is -1.54. The minimum Gasteiger partial charge on any atom is -0.481 e. The van der Waals surface area contributed by atoms with Gasteiger partial charge in [-0.1, -0.05) is 96.8 Å². The first kappa shape index (κ1) is 28.1. The van der Waals surface area contributed by atoms with Crippen molar-refractivity contribution in [2.45, 2.75) is 128 Å². The lowest BCUT2D eigenvalue weighted by atomic mass is 9.65. The molecule has 1 aromatic rings. The van der Waals surface area contributed by atoms with E-state index in [9.17, 15) is 23.1 Å². The first-order valence-corrected chi connectivity index (χ1v) is 14.2. The van der Waals surface area contributed by atoms with Gasteiger partial charge in [0.25, 0.3) is 0 Å². The van der Waals surface area contributed by atoms with Gasteiger partial charge in [-0.05, 0) is 61.1 Å². The second-order valence-corrected chi connectivity index (χ2v) is 11.5. The molecule has 0 saturated heterocycles. The van der Waals surface area contributed by atoms with Crippen LogP contribution < -0.4 is 0 Å². The van der Waals surface area contributed by atoms with Crippen LogP contribution in [0.15, 0.2) is 12.1 Å². The van der Waals surface area contributed by atoms with Crippen LogP contribution in [0, 0.1) is 35.2 Å². The normalized spacial score (nSPS) is 27.1. The Balaban J connectivity index is 1.37. The molecule has 35 heavy (non-hydrogen) atoms. The molecule has 0 amide bonds. The number of unbranched alkanes of at least 4 members (excludes halogenated alkanes) is 6. The molecular formula is C30H45F3O2. The Kier molecular flexibility index (Phi) is 11.0. The summed E-state index contributed by atoms with van der Waals surface area (Å²) in [6, 6.07) is 1.75.